The summed E-state index contributed by atoms with van der Waals surface area (Å²) >= 11 is 5.79. The van der Waals surface area contributed by atoms with Crippen LogP contribution in [0.1, 0.15) is 35.8 Å². The highest BCUT2D eigenvalue weighted by atomic mass is 35.5. The summed E-state index contributed by atoms with van der Waals surface area (Å²) in [4.78, 5) is 38.6. The van der Waals surface area contributed by atoms with Crippen LogP contribution in [-0.4, -0.2) is 85.1 Å². The number of phosphoric acid groups is 1. The van der Waals surface area contributed by atoms with Crippen molar-refractivity contribution < 1.29 is 46.9 Å². The van der Waals surface area contributed by atoms with Gasteiger partial charge in [0, 0.05) is 38.1 Å². The SMILES string of the molecule is COc1ccc(C(OC[C@H]2O[C@@H](n3ccc(=O)[nH]c3=O)[C@H](OC3(OC)CCOCC3)[C@@H]2OP(=O)(O)OCCCl)(c2ccccc2)c2ccccc2)cc1. The smallest absolute Gasteiger partial charge is 0.472 e. The monoisotopic (exact) mass is 772 g/mol. The number of aromatic amines is 1. The molecule has 0 amide bonds. The van der Waals surface area contributed by atoms with Gasteiger partial charge >= 0.3 is 13.5 Å². The van der Waals surface area contributed by atoms with Crippen molar-refractivity contribution in [1.29, 1.82) is 0 Å². The van der Waals surface area contributed by atoms with Gasteiger partial charge in [0.05, 0.1) is 33.5 Å². The first kappa shape index (κ1) is 39.0. The Balaban J connectivity index is 1.48. The molecular weight excluding hydrogens is 731 g/mol. The minimum absolute atomic E-state index is 0.0811. The van der Waals surface area contributed by atoms with Crippen LogP contribution in [0.2, 0.25) is 0 Å². The van der Waals surface area contributed by atoms with Crippen molar-refractivity contribution in [3.8, 4) is 5.75 Å². The molecule has 0 aliphatic carbocycles. The Morgan fingerprint density at radius 3 is 2.11 bits per heavy atom. The molecular formula is C37H42ClN2O12P. The number of methoxy groups -OCH3 is 2. The first-order valence-electron chi connectivity index (χ1n) is 17.0. The van der Waals surface area contributed by atoms with Gasteiger partial charge < -0.3 is 33.3 Å². The lowest BCUT2D eigenvalue weighted by Crippen LogP contribution is -2.50. The van der Waals surface area contributed by atoms with E-state index in [4.69, 9.17) is 49.1 Å². The lowest BCUT2D eigenvalue weighted by molar-refractivity contribution is -0.292. The Bertz CT molecular complexity index is 1900. The Morgan fingerprint density at radius 1 is 0.925 bits per heavy atom. The summed E-state index contributed by atoms with van der Waals surface area (Å²) in [6.07, 6.45) is -3.32. The molecule has 53 heavy (non-hydrogen) atoms. The van der Waals surface area contributed by atoms with E-state index < -0.39 is 55.0 Å². The number of alkyl halides is 1. The summed E-state index contributed by atoms with van der Waals surface area (Å²) in [6, 6.07) is 27.7. The van der Waals surface area contributed by atoms with Crippen molar-refractivity contribution >= 4 is 19.4 Å². The van der Waals surface area contributed by atoms with Gasteiger partial charge in [0.25, 0.3) is 5.56 Å². The first-order valence-corrected chi connectivity index (χ1v) is 19.1. The van der Waals surface area contributed by atoms with Crippen LogP contribution in [0.4, 0.5) is 0 Å². The van der Waals surface area contributed by atoms with Gasteiger partial charge in [-0.2, -0.15) is 0 Å². The molecule has 0 radical (unpaired) electrons. The second-order valence-electron chi connectivity index (χ2n) is 12.4. The van der Waals surface area contributed by atoms with E-state index in [1.807, 2.05) is 84.9 Å². The lowest BCUT2D eigenvalue weighted by atomic mass is 9.80. The fourth-order valence-electron chi connectivity index (χ4n) is 6.71. The third-order valence-electron chi connectivity index (χ3n) is 9.30. The standard InChI is InChI=1S/C37H42ClN2O12P/c1-45-29-15-13-28(14-16-29)37(26-9-5-3-6-10-26,27-11-7-4-8-12-27)48-25-30-32(52-53(43,44)49-24-20-38)33(51-36(46-2)18-22-47-23-19-36)34(50-30)40-21-17-31(41)39-35(40)42/h3-17,21,30,32-34H,18-20,22-25H2,1-2H3,(H,43,44)(H,39,41,42)/t30-,32-,33-,34-/m1/s1. The summed E-state index contributed by atoms with van der Waals surface area (Å²) in [5, 5.41) is 0. The fourth-order valence-corrected chi connectivity index (χ4v) is 7.84. The number of halogens is 1. The normalized spacial score (nSPS) is 22.6. The van der Waals surface area contributed by atoms with Crippen LogP contribution in [0.25, 0.3) is 0 Å². The van der Waals surface area contributed by atoms with Gasteiger partial charge in [0.15, 0.2) is 12.0 Å². The van der Waals surface area contributed by atoms with Crippen LogP contribution in [0.3, 0.4) is 0 Å². The van der Waals surface area contributed by atoms with Crippen molar-refractivity contribution in [2.45, 2.75) is 48.8 Å². The van der Waals surface area contributed by atoms with Crippen molar-refractivity contribution in [2.75, 3.05) is 46.5 Å². The molecule has 2 saturated heterocycles. The lowest BCUT2D eigenvalue weighted by Gasteiger charge is -2.40. The molecule has 4 aromatic rings. The molecule has 1 aromatic heterocycles. The number of aromatic nitrogens is 2. The number of hydrogen-bond acceptors (Lipinski definition) is 11. The number of ether oxygens (including phenoxy) is 6. The number of nitrogens with one attached hydrogen (secondary N) is 1. The summed E-state index contributed by atoms with van der Waals surface area (Å²) in [5.74, 6) is -0.686. The van der Waals surface area contributed by atoms with Crippen molar-refractivity contribution in [2.24, 2.45) is 0 Å². The quantitative estimate of drug-likeness (QED) is 0.0697. The largest absolute Gasteiger partial charge is 0.497 e. The van der Waals surface area contributed by atoms with Crippen LogP contribution in [-0.2, 0) is 42.9 Å². The van der Waals surface area contributed by atoms with E-state index >= 15 is 0 Å². The number of H-pyrrole nitrogens is 1. The highest BCUT2D eigenvalue weighted by Gasteiger charge is 2.55. The minimum atomic E-state index is -4.83. The van der Waals surface area contributed by atoms with Gasteiger partial charge in [0.1, 0.15) is 29.7 Å². The Hall–Kier alpha value is -3.66. The number of phosphoric ester groups is 1. The van der Waals surface area contributed by atoms with E-state index in [2.05, 4.69) is 4.98 Å². The van der Waals surface area contributed by atoms with Crippen LogP contribution >= 0.6 is 19.4 Å². The minimum Gasteiger partial charge on any atom is -0.497 e. The van der Waals surface area contributed by atoms with E-state index in [1.54, 1.807) is 7.11 Å². The van der Waals surface area contributed by atoms with E-state index in [9.17, 15) is 19.0 Å². The van der Waals surface area contributed by atoms with Gasteiger partial charge in [-0.25, -0.2) is 9.36 Å². The number of benzene rings is 3. The van der Waals surface area contributed by atoms with Gasteiger partial charge in [-0.05, 0) is 28.8 Å². The summed E-state index contributed by atoms with van der Waals surface area (Å²) < 4.78 is 62.8. The highest BCUT2D eigenvalue weighted by Crippen LogP contribution is 2.51. The molecule has 6 rings (SSSR count). The Labute approximate surface area is 311 Å². The maximum absolute atomic E-state index is 13.5. The average Bonchev–Trinajstić information content (AvgIpc) is 3.50. The Morgan fingerprint density at radius 2 is 1.55 bits per heavy atom. The second kappa shape index (κ2) is 17.2. The van der Waals surface area contributed by atoms with Crippen LogP contribution < -0.4 is 16.0 Å². The van der Waals surface area contributed by atoms with E-state index in [0.29, 0.717) is 31.8 Å². The average molecular weight is 773 g/mol. The van der Waals surface area contributed by atoms with Gasteiger partial charge in [-0.3, -0.25) is 23.4 Å². The number of hydrogen-bond donors (Lipinski definition) is 2. The molecule has 0 spiro atoms. The van der Waals surface area contributed by atoms with Crippen LogP contribution in [0.15, 0.2) is 107 Å². The highest BCUT2D eigenvalue weighted by molar-refractivity contribution is 7.47. The molecule has 3 heterocycles. The van der Waals surface area contributed by atoms with Gasteiger partial charge in [-0.15, -0.1) is 11.6 Å². The Kier molecular flexibility index (Phi) is 12.7. The zero-order valence-electron chi connectivity index (χ0n) is 29.2. The van der Waals surface area contributed by atoms with E-state index in [1.165, 1.54) is 13.3 Å². The van der Waals surface area contributed by atoms with Gasteiger partial charge in [-0.1, -0.05) is 72.8 Å². The third kappa shape index (κ3) is 8.68. The molecule has 2 N–H and O–H groups in total. The molecule has 284 valence electrons. The van der Waals surface area contributed by atoms with Gasteiger partial charge in [0.2, 0.25) is 0 Å². The molecule has 2 fully saturated rings. The number of nitrogens with zero attached hydrogens (tertiary/aromatic N) is 1. The maximum atomic E-state index is 13.5. The zero-order valence-corrected chi connectivity index (χ0v) is 30.9. The summed E-state index contributed by atoms with van der Waals surface area (Å²) in [6.45, 7) is 0.0467. The molecule has 5 atom stereocenters. The third-order valence-corrected chi connectivity index (χ3v) is 10.5. The fraction of sp³-hybridized carbons (Fsp3) is 0.405. The van der Waals surface area contributed by atoms with E-state index in [-0.39, 0.29) is 19.1 Å². The molecule has 2 aliphatic heterocycles. The topological polar surface area (TPSA) is 166 Å². The van der Waals surface area contributed by atoms with Crippen LogP contribution in [0.5, 0.6) is 5.75 Å². The number of rotatable bonds is 16. The molecule has 16 heteroatoms. The zero-order chi connectivity index (χ0) is 37.5. The molecule has 2 aliphatic rings. The predicted molar refractivity (Wildman–Crippen MR) is 193 cm³/mol. The van der Waals surface area contributed by atoms with Crippen molar-refractivity contribution in [3.05, 3.63) is 135 Å². The molecule has 0 saturated carbocycles. The van der Waals surface area contributed by atoms with Crippen LogP contribution in [0, 0.1) is 0 Å². The maximum Gasteiger partial charge on any atom is 0.472 e. The first-order chi connectivity index (χ1) is 25.6. The van der Waals surface area contributed by atoms with Crippen molar-refractivity contribution in [1.82, 2.24) is 9.55 Å². The van der Waals surface area contributed by atoms with Crippen molar-refractivity contribution in [3.63, 3.8) is 0 Å². The summed E-state index contributed by atoms with van der Waals surface area (Å²) in [7, 11) is -1.77. The molecule has 14 nitrogen and oxygen atoms in total. The predicted octanol–water partition coefficient (Wildman–Crippen LogP) is 4.73. The summed E-state index contributed by atoms with van der Waals surface area (Å²) in [5.41, 5.74) is -0.415. The second-order valence-corrected chi connectivity index (χ2v) is 14.2. The molecule has 3 aromatic carbocycles. The van der Waals surface area contributed by atoms with E-state index in [0.717, 1.165) is 27.3 Å². The molecule has 1 unspecified atom stereocenters. The molecule has 0 bridgehead atoms.